The Balaban J connectivity index is 1.17. The second kappa shape index (κ2) is 8.54. The van der Waals surface area contributed by atoms with Crippen molar-refractivity contribution in [2.45, 2.75) is 44.2 Å². The van der Waals surface area contributed by atoms with Gasteiger partial charge in [-0.2, -0.15) is 0 Å². The molecule has 7 nitrogen and oxygen atoms in total. The molecule has 6 rings (SSSR count). The van der Waals surface area contributed by atoms with Crippen LogP contribution in [0.2, 0.25) is 0 Å². The minimum Gasteiger partial charge on any atom is -0.481 e. The van der Waals surface area contributed by atoms with E-state index in [9.17, 15) is 19.5 Å². The molecule has 2 aliphatic heterocycles. The van der Waals surface area contributed by atoms with Crippen LogP contribution in [0.3, 0.4) is 0 Å². The topological polar surface area (TPSA) is 95.9 Å². The molecule has 2 saturated heterocycles. The number of hydrogen-bond acceptors (Lipinski definition) is 4. The summed E-state index contributed by atoms with van der Waals surface area (Å²) < 4.78 is 5.60. The Kier molecular flexibility index (Phi) is 5.56. The molecule has 0 aromatic heterocycles. The summed E-state index contributed by atoms with van der Waals surface area (Å²) in [5, 5.41) is 12.2. The Morgan fingerprint density at radius 1 is 1.09 bits per heavy atom. The van der Waals surface area contributed by atoms with Crippen molar-refractivity contribution in [2.75, 3.05) is 13.2 Å². The van der Waals surface area contributed by atoms with Gasteiger partial charge in [0, 0.05) is 31.0 Å². The number of alkyl carbamates (subject to hydrolysis) is 1. The molecule has 2 aromatic carbocycles. The van der Waals surface area contributed by atoms with Gasteiger partial charge in [0.15, 0.2) is 0 Å². The van der Waals surface area contributed by atoms with Gasteiger partial charge in [-0.3, -0.25) is 9.59 Å². The maximum atomic E-state index is 12.8. The number of hydrogen-bond donors (Lipinski definition) is 2. The van der Waals surface area contributed by atoms with Crippen LogP contribution in [0.5, 0.6) is 0 Å². The fourth-order valence-corrected chi connectivity index (χ4v) is 5.70. The largest absolute Gasteiger partial charge is 0.481 e. The van der Waals surface area contributed by atoms with Crippen LogP contribution in [-0.4, -0.2) is 53.2 Å². The third kappa shape index (κ3) is 3.75. The van der Waals surface area contributed by atoms with E-state index in [0.29, 0.717) is 13.0 Å². The van der Waals surface area contributed by atoms with Crippen molar-refractivity contribution >= 4 is 18.0 Å². The molecule has 3 unspecified atom stereocenters. The van der Waals surface area contributed by atoms with Crippen molar-refractivity contribution in [3.63, 3.8) is 0 Å². The lowest BCUT2D eigenvalue weighted by Crippen LogP contribution is -2.46. The minimum absolute atomic E-state index is 0.0192. The number of carbonyl (C=O) groups excluding carboxylic acids is 2. The van der Waals surface area contributed by atoms with Crippen LogP contribution in [0.4, 0.5) is 4.79 Å². The maximum absolute atomic E-state index is 12.8. The van der Waals surface area contributed by atoms with Crippen molar-refractivity contribution < 1.29 is 24.2 Å². The van der Waals surface area contributed by atoms with Crippen LogP contribution in [0.1, 0.15) is 43.2 Å². The zero-order valence-corrected chi connectivity index (χ0v) is 18.6. The molecule has 2 N–H and O–H groups in total. The van der Waals surface area contributed by atoms with E-state index in [-0.39, 0.29) is 42.9 Å². The Morgan fingerprint density at radius 3 is 2.30 bits per heavy atom. The van der Waals surface area contributed by atoms with Crippen LogP contribution in [0, 0.1) is 11.8 Å². The minimum atomic E-state index is -0.824. The molecule has 4 atom stereocenters. The number of nitrogens with one attached hydrogen (secondary N) is 1. The molecule has 2 amide bonds. The fourth-order valence-electron chi connectivity index (χ4n) is 5.70. The summed E-state index contributed by atoms with van der Waals surface area (Å²) in [4.78, 5) is 38.4. The van der Waals surface area contributed by atoms with Gasteiger partial charge in [-0.25, -0.2) is 4.79 Å². The molecule has 0 spiro atoms. The lowest BCUT2D eigenvalue weighted by molar-refractivity contribution is -0.148. The monoisotopic (exact) mass is 448 g/mol. The van der Waals surface area contributed by atoms with E-state index in [2.05, 4.69) is 29.6 Å². The predicted octanol–water partition coefficient (Wildman–Crippen LogP) is 3.63. The summed E-state index contributed by atoms with van der Waals surface area (Å²) in [6.07, 6.45) is 0.959. The number of aliphatic carboxylic acids is 1. The van der Waals surface area contributed by atoms with E-state index in [0.717, 1.165) is 17.5 Å². The summed E-state index contributed by atoms with van der Waals surface area (Å²) >= 11 is 0. The van der Waals surface area contributed by atoms with Crippen LogP contribution in [0.25, 0.3) is 11.1 Å². The van der Waals surface area contributed by atoms with E-state index in [1.165, 1.54) is 11.1 Å². The first kappa shape index (κ1) is 21.5. The van der Waals surface area contributed by atoms with Crippen molar-refractivity contribution in [2.24, 2.45) is 11.8 Å². The molecule has 2 aliphatic carbocycles. The number of carboxylic acid groups (broad SMARTS) is 1. The number of carboxylic acids is 1. The molecule has 2 heterocycles. The van der Waals surface area contributed by atoms with E-state index in [1.54, 1.807) is 4.90 Å². The number of ether oxygens (including phenoxy) is 1. The summed E-state index contributed by atoms with van der Waals surface area (Å²) in [6, 6.07) is 15.8. The molecule has 0 radical (unpaired) electrons. The number of rotatable bonds is 7. The average Bonchev–Trinajstić information content (AvgIpc) is 3.48. The van der Waals surface area contributed by atoms with Crippen molar-refractivity contribution in [1.82, 2.24) is 10.2 Å². The zero-order chi connectivity index (χ0) is 23.1. The normalized spacial score (nSPS) is 23.3. The first-order chi connectivity index (χ1) is 16.0. The van der Waals surface area contributed by atoms with E-state index >= 15 is 0 Å². The van der Waals surface area contributed by atoms with Crippen LogP contribution >= 0.6 is 0 Å². The molecule has 1 saturated carbocycles. The van der Waals surface area contributed by atoms with Gasteiger partial charge < -0.3 is 20.1 Å². The summed E-state index contributed by atoms with van der Waals surface area (Å²) in [6.45, 7) is 2.63. The molecule has 2 aromatic rings. The highest BCUT2D eigenvalue weighted by atomic mass is 16.5. The third-order valence-corrected chi connectivity index (χ3v) is 7.48. The Labute approximate surface area is 192 Å². The smallest absolute Gasteiger partial charge is 0.407 e. The van der Waals surface area contributed by atoms with E-state index in [1.807, 2.05) is 31.2 Å². The van der Waals surface area contributed by atoms with Gasteiger partial charge in [0.05, 0.1) is 5.92 Å². The average molecular weight is 449 g/mol. The molecule has 172 valence electrons. The zero-order valence-electron chi connectivity index (χ0n) is 18.6. The van der Waals surface area contributed by atoms with E-state index < -0.39 is 18.0 Å². The Bertz CT molecular complexity index is 1050. The number of benzene rings is 2. The maximum Gasteiger partial charge on any atom is 0.407 e. The highest BCUT2D eigenvalue weighted by Gasteiger charge is 2.57. The molecule has 7 heteroatoms. The molecule has 2 bridgehead atoms. The molecule has 4 aliphatic rings. The standard InChI is InChI=1S/C26H28N2O5/c1-2-16(12-23(29)28-13-15-11-22(28)24(15)25(30)31)27-26(32)33-14-21-19-9-5-3-7-17(19)18-8-4-6-10-20(18)21/h3-10,15-16,21-22,24H,2,11-14H2,1H3,(H,27,32)(H,30,31)/t15?,16-,22?,24?/m1/s1. The molecule has 3 fully saturated rings. The number of amides is 2. The first-order valence-electron chi connectivity index (χ1n) is 11.6. The quantitative estimate of drug-likeness (QED) is 0.674. The lowest BCUT2D eigenvalue weighted by atomic mass is 9.74. The van der Waals surface area contributed by atoms with Crippen molar-refractivity contribution in [3.05, 3.63) is 59.7 Å². The Morgan fingerprint density at radius 2 is 1.73 bits per heavy atom. The fraction of sp³-hybridized carbons (Fsp3) is 0.423. The van der Waals surface area contributed by atoms with Gasteiger partial charge in [-0.15, -0.1) is 0 Å². The highest BCUT2D eigenvalue weighted by Crippen LogP contribution is 2.47. The number of carbonyl (C=O) groups is 3. The van der Waals surface area contributed by atoms with Crippen LogP contribution in [0.15, 0.2) is 48.5 Å². The Hall–Kier alpha value is -3.35. The summed E-state index contributed by atoms with van der Waals surface area (Å²) in [5.41, 5.74) is 4.63. The van der Waals surface area contributed by atoms with Crippen molar-refractivity contribution in [3.8, 4) is 11.1 Å². The number of nitrogens with zero attached hydrogens (tertiary/aromatic N) is 1. The lowest BCUT2D eigenvalue weighted by Gasteiger charge is -2.33. The highest BCUT2D eigenvalue weighted by molar-refractivity contribution is 5.82. The van der Waals surface area contributed by atoms with Gasteiger partial charge in [0.1, 0.15) is 6.61 Å². The van der Waals surface area contributed by atoms with Gasteiger partial charge >= 0.3 is 12.1 Å². The van der Waals surface area contributed by atoms with Gasteiger partial charge in [0.25, 0.3) is 0 Å². The second-order valence-electron chi connectivity index (χ2n) is 9.25. The van der Waals surface area contributed by atoms with Gasteiger partial charge in [-0.05, 0) is 41.0 Å². The van der Waals surface area contributed by atoms with E-state index in [4.69, 9.17) is 4.74 Å². The molecular weight excluding hydrogens is 420 g/mol. The summed E-state index contributed by atoms with van der Waals surface area (Å²) in [7, 11) is 0. The van der Waals surface area contributed by atoms with Crippen molar-refractivity contribution in [1.29, 1.82) is 0 Å². The van der Waals surface area contributed by atoms with Gasteiger partial charge in [-0.1, -0.05) is 55.5 Å². The predicted molar refractivity (Wildman–Crippen MR) is 122 cm³/mol. The molecular formula is C26H28N2O5. The third-order valence-electron chi connectivity index (χ3n) is 7.48. The van der Waals surface area contributed by atoms with Gasteiger partial charge in [0.2, 0.25) is 5.91 Å². The summed E-state index contributed by atoms with van der Waals surface area (Å²) in [5.74, 6) is -1.32. The SMILES string of the molecule is CC[C@H](CC(=O)N1CC2CC1C2C(=O)O)NC(=O)OCC1c2ccccc2-c2ccccc21. The first-order valence-corrected chi connectivity index (χ1v) is 11.6. The second-order valence-corrected chi connectivity index (χ2v) is 9.25. The van der Waals surface area contributed by atoms with Crippen LogP contribution < -0.4 is 5.32 Å². The molecule has 33 heavy (non-hydrogen) atoms. The number of fused-ring (bicyclic) bond motifs is 4. The van der Waals surface area contributed by atoms with Crippen LogP contribution in [-0.2, 0) is 14.3 Å².